The van der Waals surface area contributed by atoms with Crippen LogP contribution in [0.3, 0.4) is 0 Å². The lowest BCUT2D eigenvalue weighted by atomic mass is 9.87. The average Bonchev–Trinajstić information content (AvgIpc) is 3.53. The monoisotopic (exact) mass is 553 g/mol. The number of amidine groups is 1. The van der Waals surface area contributed by atoms with Gasteiger partial charge < -0.3 is 20.2 Å². The number of nitrogens with one attached hydrogen (secondary N) is 3. The summed E-state index contributed by atoms with van der Waals surface area (Å²) in [5.41, 5.74) is 1.65. The third-order valence-corrected chi connectivity index (χ3v) is 7.00. The highest BCUT2D eigenvalue weighted by molar-refractivity contribution is 6.03. The van der Waals surface area contributed by atoms with E-state index in [0.29, 0.717) is 40.5 Å². The predicted molar refractivity (Wildman–Crippen MR) is 151 cm³/mol. The van der Waals surface area contributed by atoms with E-state index in [-0.39, 0.29) is 17.2 Å². The van der Waals surface area contributed by atoms with Crippen LogP contribution >= 0.6 is 0 Å². The molecule has 2 aliphatic heterocycles. The van der Waals surface area contributed by atoms with E-state index < -0.39 is 11.8 Å². The Balaban J connectivity index is 1.20. The van der Waals surface area contributed by atoms with Gasteiger partial charge in [-0.05, 0) is 25.1 Å². The van der Waals surface area contributed by atoms with E-state index >= 15 is 4.39 Å². The maximum Gasteiger partial charge on any atom is 0.324 e. The summed E-state index contributed by atoms with van der Waals surface area (Å²) in [5, 5.41) is 17.6. The summed E-state index contributed by atoms with van der Waals surface area (Å²) in [6.45, 7) is 11.4. The van der Waals surface area contributed by atoms with Crippen LogP contribution in [0.25, 0.3) is 22.3 Å². The Morgan fingerprint density at radius 1 is 1.20 bits per heavy atom. The second kappa shape index (κ2) is 11.7. The van der Waals surface area contributed by atoms with Gasteiger partial charge in [-0.15, -0.1) is 0 Å². The molecular formula is C27H36FN9O3. The van der Waals surface area contributed by atoms with Crippen LogP contribution in [-0.4, -0.2) is 82.0 Å². The van der Waals surface area contributed by atoms with Crippen LogP contribution in [0.15, 0.2) is 29.6 Å². The molecule has 3 N–H and O–H groups in total. The van der Waals surface area contributed by atoms with Gasteiger partial charge >= 0.3 is 6.03 Å². The van der Waals surface area contributed by atoms with Gasteiger partial charge in [-0.2, -0.15) is 10.1 Å². The number of morpholine rings is 1. The first-order valence-electron chi connectivity index (χ1n) is 13.5. The van der Waals surface area contributed by atoms with Crippen LogP contribution in [0.4, 0.5) is 20.8 Å². The Hall–Kier alpha value is -3.84. The van der Waals surface area contributed by atoms with Crippen LogP contribution < -0.4 is 16.0 Å². The van der Waals surface area contributed by atoms with Crippen LogP contribution in [0.1, 0.15) is 33.6 Å². The highest BCUT2D eigenvalue weighted by Gasteiger charge is 2.33. The van der Waals surface area contributed by atoms with E-state index in [4.69, 9.17) is 9.57 Å². The van der Waals surface area contributed by atoms with E-state index in [9.17, 15) is 4.79 Å². The van der Waals surface area contributed by atoms with Crippen molar-refractivity contribution in [3.63, 3.8) is 0 Å². The summed E-state index contributed by atoms with van der Waals surface area (Å²) in [7, 11) is 1.79. The molecule has 0 bridgehead atoms. The number of anilines is 2. The summed E-state index contributed by atoms with van der Waals surface area (Å²) in [5.74, 6) is 0.329. The number of rotatable bonds is 7. The molecule has 1 unspecified atom stereocenters. The number of aryl methyl sites for hydroxylation is 1. The van der Waals surface area contributed by atoms with E-state index in [2.05, 4.69) is 41.1 Å². The van der Waals surface area contributed by atoms with Crippen LogP contribution in [-0.2, 0) is 16.6 Å². The van der Waals surface area contributed by atoms with Crippen molar-refractivity contribution >= 4 is 34.5 Å². The van der Waals surface area contributed by atoms with E-state index in [0.717, 1.165) is 45.8 Å². The quantitative estimate of drug-likeness (QED) is 0.379. The molecular weight excluding hydrogens is 517 g/mol. The number of ether oxygens (including phenoxy) is 1. The highest BCUT2D eigenvalue weighted by Crippen LogP contribution is 2.30. The zero-order valence-electron chi connectivity index (χ0n) is 23.3. The minimum absolute atomic E-state index is 0.0354. The summed E-state index contributed by atoms with van der Waals surface area (Å²) in [6, 6.07) is 3.94. The fraction of sp³-hybridized carbons (Fsp3) is 0.519. The molecule has 1 fully saturated rings. The molecule has 40 heavy (non-hydrogen) atoms. The lowest BCUT2D eigenvalue weighted by Crippen LogP contribution is -2.37. The van der Waals surface area contributed by atoms with Gasteiger partial charge in [0.1, 0.15) is 17.6 Å². The van der Waals surface area contributed by atoms with Crippen molar-refractivity contribution in [2.24, 2.45) is 17.6 Å². The predicted octanol–water partition coefficient (Wildman–Crippen LogP) is 3.57. The number of carbonyl (C=O) groups excluding carboxylic acids is 1. The molecule has 0 spiro atoms. The lowest BCUT2D eigenvalue weighted by Gasteiger charge is -2.26. The largest absolute Gasteiger partial charge is 0.390 e. The van der Waals surface area contributed by atoms with Crippen molar-refractivity contribution in [2.75, 3.05) is 50.0 Å². The zero-order valence-corrected chi connectivity index (χ0v) is 23.3. The SMILES string of the molecule is Cn1nc(-c2ccc(NC(=O)NC3=NOC(C(C)(C)C)C3)c(F)c2)c2cnc(NCCCN3CCOCC3)nc21. The molecule has 1 atom stereocenters. The van der Waals surface area contributed by atoms with Gasteiger partial charge in [0.2, 0.25) is 5.95 Å². The van der Waals surface area contributed by atoms with Crippen LogP contribution in [0.2, 0.25) is 0 Å². The molecule has 12 nitrogen and oxygen atoms in total. The smallest absolute Gasteiger partial charge is 0.324 e. The number of halogens is 1. The third-order valence-electron chi connectivity index (χ3n) is 7.00. The van der Waals surface area contributed by atoms with Gasteiger partial charge in [-0.3, -0.25) is 10.2 Å². The van der Waals surface area contributed by atoms with Crippen LogP contribution in [0, 0.1) is 11.2 Å². The molecule has 214 valence electrons. The Kier molecular flexibility index (Phi) is 8.12. The maximum absolute atomic E-state index is 15.0. The molecule has 1 saturated heterocycles. The molecule has 5 rings (SSSR count). The van der Waals surface area contributed by atoms with Crippen molar-refractivity contribution in [2.45, 2.75) is 39.7 Å². The van der Waals surface area contributed by atoms with Crippen molar-refractivity contribution < 1.29 is 18.8 Å². The van der Waals surface area contributed by atoms with Gasteiger partial charge in [-0.1, -0.05) is 32.0 Å². The summed E-state index contributed by atoms with van der Waals surface area (Å²) in [4.78, 5) is 29.3. The molecule has 2 aromatic heterocycles. The topological polar surface area (TPSA) is 131 Å². The molecule has 0 saturated carbocycles. The first-order valence-corrected chi connectivity index (χ1v) is 13.5. The second-order valence-corrected chi connectivity index (χ2v) is 11.1. The normalized spacial score (nSPS) is 17.9. The Morgan fingerprint density at radius 3 is 2.73 bits per heavy atom. The number of hydrogen-bond donors (Lipinski definition) is 3. The molecule has 0 aliphatic carbocycles. The first kappa shape index (κ1) is 27.7. The number of benzene rings is 1. The summed E-state index contributed by atoms with van der Waals surface area (Å²) < 4.78 is 22.1. The summed E-state index contributed by atoms with van der Waals surface area (Å²) in [6.07, 6.45) is 3.00. The van der Waals surface area contributed by atoms with Crippen LogP contribution in [0.5, 0.6) is 0 Å². The number of nitrogens with zero attached hydrogens (tertiary/aromatic N) is 6. The molecule has 13 heteroatoms. The minimum Gasteiger partial charge on any atom is -0.390 e. The minimum atomic E-state index is -0.594. The van der Waals surface area contributed by atoms with E-state index in [1.54, 1.807) is 24.0 Å². The second-order valence-electron chi connectivity index (χ2n) is 11.1. The highest BCUT2D eigenvalue weighted by atomic mass is 19.1. The van der Waals surface area contributed by atoms with Crippen molar-refractivity contribution in [3.05, 3.63) is 30.2 Å². The standard InChI is InChI=1S/C27H36FN9O3/c1-27(2,3)21-15-22(35-40-21)32-26(38)31-20-7-6-17(14-19(20)28)23-18-16-30-25(33-24(18)36(4)34-23)29-8-5-9-37-10-12-39-13-11-37/h6-7,14,16,21H,5,8-13,15H2,1-4H3,(H,29,30,33)(H2,31,32,35,38). The lowest BCUT2D eigenvalue weighted by molar-refractivity contribution is 0.00830. The number of urea groups is 1. The molecule has 2 amide bonds. The van der Waals surface area contributed by atoms with Crippen molar-refractivity contribution in [3.8, 4) is 11.3 Å². The number of fused-ring (bicyclic) bond motifs is 1. The molecule has 0 radical (unpaired) electrons. The van der Waals surface area contributed by atoms with Gasteiger partial charge in [0.15, 0.2) is 11.5 Å². The van der Waals surface area contributed by atoms with Gasteiger partial charge in [0.05, 0.1) is 24.3 Å². The zero-order chi connectivity index (χ0) is 28.3. The third kappa shape index (κ3) is 6.48. The van der Waals surface area contributed by atoms with Gasteiger partial charge in [0, 0.05) is 50.3 Å². The first-order chi connectivity index (χ1) is 19.2. The van der Waals surface area contributed by atoms with Crippen molar-refractivity contribution in [1.29, 1.82) is 0 Å². The molecule has 1 aromatic carbocycles. The number of carbonyl (C=O) groups is 1. The molecule has 2 aliphatic rings. The Morgan fingerprint density at radius 2 is 2.00 bits per heavy atom. The number of amides is 2. The average molecular weight is 554 g/mol. The number of aromatic nitrogens is 4. The molecule has 3 aromatic rings. The van der Waals surface area contributed by atoms with E-state index in [1.807, 2.05) is 20.8 Å². The molecule has 4 heterocycles. The fourth-order valence-corrected chi connectivity index (χ4v) is 4.63. The van der Waals surface area contributed by atoms with Crippen molar-refractivity contribution in [1.82, 2.24) is 30.0 Å². The fourth-order valence-electron chi connectivity index (χ4n) is 4.63. The maximum atomic E-state index is 15.0. The van der Waals surface area contributed by atoms with Gasteiger partial charge in [-0.25, -0.2) is 18.9 Å². The summed E-state index contributed by atoms with van der Waals surface area (Å²) >= 11 is 0. The number of oxime groups is 1. The van der Waals surface area contributed by atoms with Gasteiger partial charge in [0.25, 0.3) is 0 Å². The Labute approximate surface area is 232 Å². The van der Waals surface area contributed by atoms with E-state index in [1.165, 1.54) is 12.1 Å². The number of hydrogen-bond acceptors (Lipinski definition) is 9. The Bertz CT molecular complexity index is 1400.